The van der Waals surface area contributed by atoms with Crippen molar-refractivity contribution in [3.63, 3.8) is 0 Å². The van der Waals surface area contributed by atoms with E-state index in [9.17, 15) is 4.79 Å². The Kier molecular flexibility index (Phi) is 4.28. The van der Waals surface area contributed by atoms with Crippen molar-refractivity contribution in [3.05, 3.63) is 53.1 Å². The molecule has 1 atom stereocenters. The molecule has 0 fully saturated rings. The molecule has 0 saturated heterocycles. The van der Waals surface area contributed by atoms with Gasteiger partial charge in [-0.15, -0.1) is 10.2 Å². The van der Waals surface area contributed by atoms with E-state index in [1.807, 2.05) is 44.2 Å². The number of H-pyrrole nitrogens is 1. The summed E-state index contributed by atoms with van der Waals surface area (Å²) in [7, 11) is 0. The van der Waals surface area contributed by atoms with Crippen LogP contribution in [0.5, 0.6) is 0 Å². The molecule has 1 unspecified atom stereocenters. The highest BCUT2D eigenvalue weighted by Gasteiger charge is 2.31. The second kappa shape index (κ2) is 6.74. The molecular formula is C19H22N6O. The number of amides is 1. The third kappa shape index (κ3) is 2.89. The predicted octanol–water partition coefficient (Wildman–Crippen LogP) is 2.48. The summed E-state index contributed by atoms with van der Waals surface area (Å²) in [5.41, 5.74) is 3.97. The molecule has 7 nitrogen and oxygen atoms in total. The number of carbonyl (C=O) groups excluding carboxylic acids is 1. The minimum Gasteiger partial charge on any atom is -0.351 e. The first-order valence-electron chi connectivity index (χ1n) is 8.92. The third-order valence-corrected chi connectivity index (χ3v) is 5.03. The van der Waals surface area contributed by atoms with Crippen LogP contribution in [0.25, 0.3) is 11.4 Å². The molecule has 0 saturated carbocycles. The van der Waals surface area contributed by atoms with Crippen LogP contribution in [0.1, 0.15) is 41.5 Å². The Morgan fingerprint density at radius 2 is 2.08 bits per heavy atom. The standard InChI is InChI=1S/C19H22N6O/c1-12-16(13(2)22-21-12)11-20-19(26)15-9-6-10-25-17(23-24-18(15)25)14-7-4-3-5-8-14/h3-5,7-8,15H,6,9-11H2,1-2H3,(H,20,26)(H,21,22). The van der Waals surface area contributed by atoms with E-state index in [2.05, 4.69) is 30.3 Å². The van der Waals surface area contributed by atoms with Crippen LogP contribution >= 0.6 is 0 Å². The molecule has 1 amide bonds. The lowest BCUT2D eigenvalue weighted by Crippen LogP contribution is -2.33. The second-order valence-electron chi connectivity index (χ2n) is 6.72. The number of hydrogen-bond donors (Lipinski definition) is 2. The lowest BCUT2D eigenvalue weighted by Gasteiger charge is -2.23. The molecular weight excluding hydrogens is 328 g/mol. The molecule has 7 heteroatoms. The summed E-state index contributed by atoms with van der Waals surface area (Å²) in [5, 5.41) is 18.9. The SMILES string of the molecule is Cc1n[nH]c(C)c1CNC(=O)C1CCCn2c(-c3ccccc3)nnc21. The van der Waals surface area contributed by atoms with Crippen LogP contribution in [0, 0.1) is 13.8 Å². The van der Waals surface area contributed by atoms with Crippen molar-refractivity contribution in [2.45, 2.75) is 45.7 Å². The fourth-order valence-electron chi connectivity index (χ4n) is 3.56. The molecule has 26 heavy (non-hydrogen) atoms. The molecule has 3 aromatic rings. The molecule has 0 radical (unpaired) electrons. The second-order valence-corrected chi connectivity index (χ2v) is 6.72. The summed E-state index contributed by atoms with van der Waals surface area (Å²) in [6.45, 7) is 5.22. The van der Waals surface area contributed by atoms with Crippen LogP contribution in [0.2, 0.25) is 0 Å². The van der Waals surface area contributed by atoms with E-state index >= 15 is 0 Å². The smallest absolute Gasteiger partial charge is 0.231 e. The normalized spacial score (nSPS) is 16.3. The zero-order chi connectivity index (χ0) is 18.1. The van der Waals surface area contributed by atoms with Crippen LogP contribution in [-0.4, -0.2) is 30.9 Å². The number of rotatable bonds is 4. The van der Waals surface area contributed by atoms with Gasteiger partial charge in [0.25, 0.3) is 0 Å². The van der Waals surface area contributed by atoms with E-state index in [1.54, 1.807) is 0 Å². The fraction of sp³-hybridized carbons (Fsp3) is 0.368. The molecule has 1 aliphatic heterocycles. The molecule has 134 valence electrons. The largest absolute Gasteiger partial charge is 0.351 e. The Morgan fingerprint density at radius 1 is 1.27 bits per heavy atom. The van der Waals surface area contributed by atoms with Gasteiger partial charge in [-0.2, -0.15) is 5.10 Å². The molecule has 2 aromatic heterocycles. The molecule has 1 aromatic carbocycles. The van der Waals surface area contributed by atoms with Crippen molar-refractivity contribution in [2.24, 2.45) is 0 Å². The van der Waals surface area contributed by atoms with E-state index < -0.39 is 0 Å². The Bertz CT molecular complexity index is 907. The van der Waals surface area contributed by atoms with Crippen LogP contribution in [0.3, 0.4) is 0 Å². The number of nitrogens with zero attached hydrogens (tertiary/aromatic N) is 4. The van der Waals surface area contributed by atoms with Crippen LogP contribution in [0.4, 0.5) is 0 Å². The number of benzene rings is 1. The van der Waals surface area contributed by atoms with Gasteiger partial charge in [0.2, 0.25) is 5.91 Å². The Hall–Kier alpha value is -2.96. The van der Waals surface area contributed by atoms with Crippen LogP contribution in [-0.2, 0) is 17.9 Å². The number of fused-ring (bicyclic) bond motifs is 1. The van der Waals surface area contributed by atoms with Crippen molar-refractivity contribution in [2.75, 3.05) is 0 Å². The van der Waals surface area contributed by atoms with Gasteiger partial charge in [-0.1, -0.05) is 30.3 Å². The number of aromatic nitrogens is 5. The topological polar surface area (TPSA) is 88.5 Å². The number of nitrogens with one attached hydrogen (secondary N) is 2. The van der Waals surface area contributed by atoms with Gasteiger partial charge in [0.15, 0.2) is 5.82 Å². The molecule has 0 aliphatic carbocycles. The van der Waals surface area contributed by atoms with Gasteiger partial charge in [-0.25, -0.2) is 0 Å². The predicted molar refractivity (Wildman–Crippen MR) is 97.3 cm³/mol. The minimum absolute atomic E-state index is 0.00189. The van der Waals surface area contributed by atoms with Crippen LogP contribution in [0.15, 0.2) is 30.3 Å². The Labute approximate surface area is 151 Å². The van der Waals surface area contributed by atoms with Gasteiger partial charge in [0.05, 0.1) is 11.6 Å². The molecule has 3 heterocycles. The van der Waals surface area contributed by atoms with Gasteiger partial charge < -0.3 is 9.88 Å². The third-order valence-electron chi connectivity index (χ3n) is 5.03. The molecule has 1 aliphatic rings. The van der Waals surface area contributed by atoms with E-state index in [1.165, 1.54) is 0 Å². The average molecular weight is 350 g/mol. The maximum atomic E-state index is 12.8. The van der Waals surface area contributed by atoms with Gasteiger partial charge in [0.1, 0.15) is 5.82 Å². The van der Waals surface area contributed by atoms with Crippen LogP contribution < -0.4 is 5.32 Å². The van der Waals surface area contributed by atoms with Crippen molar-refractivity contribution in [1.29, 1.82) is 0 Å². The van der Waals surface area contributed by atoms with Gasteiger partial charge in [-0.05, 0) is 26.7 Å². The quantitative estimate of drug-likeness (QED) is 0.756. The molecule has 2 N–H and O–H groups in total. The van der Waals surface area contributed by atoms with Crippen molar-refractivity contribution in [1.82, 2.24) is 30.3 Å². The van der Waals surface area contributed by atoms with E-state index in [0.29, 0.717) is 6.54 Å². The fourth-order valence-corrected chi connectivity index (χ4v) is 3.56. The summed E-state index contributed by atoms with van der Waals surface area (Å²) < 4.78 is 2.08. The van der Waals surface area contributed by atoms with E-state index in [4.69, 9.17) is 0 Å². The molecule has 0 spiro atoms. The number of carbonyl (C=O) groups is 1. The van der Waals surface area contributed by atoms with E-state index in [0.717, 1.165) is 53.5 Å². The first kappa shape index (κ1) is 16.5. The summed E-state index contributed by atoms with van der Waals surface area (Å²) in [6.07, 6.45) is 1.73. The molecule has 0 bridgehead atoms. The first-order valence-corrected chi connectivity index (χ1v) is 8.92. The van der Waals surface area contributed by atoms with Gasteiger partial charge >= 0.3 is 0 Å². The maximum Gasteiger partial charge on any atom is 0.231 e. The number of aromatic amines is 1. The van der Waals surface area contributed by atoms with Crippen molar-refractivity contribution in [3.8, 4) is 11.4 Å². The summed E-state index contributed by atoms with van der Waals surface area (Å²) >= 11 is 0. The molecule has 4 rings (SSSR count). The summed E-state index contributed by atoms with van der Waals surface area (Å²) in [4.78, 5) is 12.8. The lowest BCUT2D eigenvalue weighted by molar-refractivity contribution is -0.123. The monoisotopic (exact) mass is 350 g/mol. The maximum absolute atomic E-state index is 12.8. The van der Waals surface area contributed by atoms with Gasteiger partial charge in [-0.3, -0.25) is 9.89 Å². The van der Waals surface area contributed by atoms with Crippen molar-refractivity contribution >= 4 is 5.91 Å². The number of aryl methyl sites for hydroxylation is 2. The Balaban J connectivity index is 1.55. The summed E-state index contributed by atoms with van der Waals surface area (Å²) in [6, 6.07) is 9.99. The average Bonchev–Trinajstić information content (AvgIpc) is 3.24. The zero-order valence-electron chi connectivity index (χ0n) is 15.0. The zero-order valence-corrected chi connectivity index (χ0v) is 15.0. The highest BCUT2D eigenvalue weighted by molar-refractivity contribution is 5.83. The highest BCUT2D eigenvalue weighted by Crippen LogP contribution is 2.30. The highest BCUT2D eigenvalue weighted by atomic mass is 16.1. The first-order chi connectivity index (χ1) is 12.6. The van der Waals surface area contributed by atoms with E-state index in [-0.39, 0.29) is 11.8 Å². The summed E-state index contributed by atoms with van der Waals surface area (Å²) in [5.74, 6) is 1.33. The van der Waals surface area contributed by atoms with Gasteiger partial charge in [0, 0.05) is 29.9 Å². The van der Waals surface area contributed by atoms with Crippen molar-refractivity contribution < 1.29 is 4.79 Å². The minimum atomic E-state index is -0.263. The Morgan fingerprint density at radius 3 is 2.81 bits per heavy atom. The lowest BCUT2D eigenvalue weighted by atomic mass is 9.97. The number of hydrogen-bond acceptors (Lipinski definition) is 4.